The maximum atomic E-state index is 13.0. The van der Waals surface area contributed by atoms with Crippen LogP contribution in [-0.2, 0) is 26.9 Å². The first-order valence-electron chi connectivity index (χ1n) is 8.43. The number of rotatable bonds is 5. The molecule has 134 valence electrons. The Morgan fingerprint density at radius 2 is 2.08 bits per heavy atom. The second kappa shape index (κ2) is 9.78. The van der Waals surface area contributed by atoms with E-state index in [1.807, 2.05) is 0 Å². The molecular formula is C18H21NO5S. The normalized spacial score (nSPS) is 19.9. The largest absolute Gasteiger partial charge is 0.461 e. The Kier molecular flexibility index (Phi) is 7.40. The Hall–Kier alpha value is -2.41. The highest BCUT2D eigenvalue weighted by Gasteiger charge is 2.51. The van der Waals surface area contributed by atoms with E-state index in [0.29, 0.717) is 18.4 Å². The van der Waals surface area contributed by atoms with Crippen molar-refractivity contribution in [3.05, 3.63) is 48.6 Å². The van der Waals surface area contributed by atoms with E-state index in [2.05, 4.69) is 19.1 Å². The number of esters is 1. The van der Waals surface area contributed by atoms with Crippen LogP contribution in [0.1, 0.15) is 37.9 Å². The maximum Gasteiger partial charge on any atom is 0.321 e. The van der Waals surface area contributed by atoms with Crippen LogP contribution in [0.25, 0.3) is 0 Å². The highest BCUT2D eigenvalue weighted by Crippen LogP contribution is 2.36. The third kappa shape index (κ3) is 4.36. The number of hydrogen-bond donors (Lipinski definition) is 0. The van der Waals surface area contributed by atoms with Crippen LogP contribution in [0, 0.1) is 5.41 Å². The zero-order chi connectivity index (χ0) is 19.6. The highest BCUT2D eigenvalue weighted by molar-refractivity contribution is 7.44. The molecule has 0 aliphatic carbocycles. The molecule has 6 nitrogen and oxygen atoms in total. The second-order valence-corrected chi connectivity index (χ2v) is 5.45. The quantitative estimate of drug-likeness (QED) is 0.344. The number of imide groups is 1. The zero-order valence-electron chi connectivity index (χ0n) is 14.8. The summed E-state index contributed by atoms with van der Waals surface area (Å²) in [6.07, 6.45) is 2.26. The van der Waals surface area contributed by atoms with E-state index >= 15 is 0 Å². The van der Waals surface area contributed by atoms with Gasteiger partial charge in [-0.1, -0.05) is 37.8 Å². The summed E-state index contributed by atoms with van der Waals surface area (Å²) in [5, 5.41) is 0. The van der Waals surface area contributed by atoms with Gasteiger partial charge in [-0.3, -0.25) is 19.3 Å². The van der Waals surface area contributed by atoms with Gasteiger partial charge in [0, 0.05) is 13.5 Å². The molecule has 1 unspecified atom stereocenters. The fraction of sp³-hybridized carbons (Fsp3) is 0.389. The minimum absolute atomic E-state index is 0.00149. The molecule has 0 saturated carbocycles. The first-order chi connectivity index (χ1) is 12.6. The summed E-state index contributed by atoms with van der Waals surface area (Å²) in [4.78, 5) is 39.2. The summed E-state index contributed by atoms with van der Waals surface area (Å²) in [6, 6.07) is 8.48. The fourth-order valence-corrected chi connectivity index (χ4v) is 2.73. The van der Waals surface area contributed by atoms with Gasteiger partial charge in [-0.15, -0.1) is 0 Å². The summed E-state index contributed by atoms with van der Waals surface area (Å²) in [6.45, 7) is 3.65. The fourth-order valence-electron chi connectivity index (χ4n) is 2.73. The summed E-state index contributed by atoms with van der Waals surface area (Å²) >= 11 is 2.83. The summed E-state index contributed by atoms with van der Waals surface area (Å²) in [5.41, 5.74) is -1.06. The van der Waals surface area contributed by atoms with Gasteiger partial charge in [0.25, 0.3) is 5.91 Å². The van der Waals surface area contributed by atoms with Gasteiger partial charge in [-0.05, 0) is 31.4 Å². The molecule has 1 aliphatic rings. The number of likely N-dealkylation sites (tertiary alicyclic amines) is 1. The average molecular weight is 365 g/mol. The summed E-state index contributed by atoms with van der Waals surface area (Å²) in [7, 11) is 0. The third-order valence-corrected chi connectivity index (χ3v) is 4.06. The Morgan fingerprint density at radius 3 is 2.68 bits per heavy atom. The van der Waals surface area contributed by atoms with E-state index in [4.69, 9.17) is 10.3 Å². The standard InChI is InChI=1S/C18H21NO4.OS/c1-3-13-23-17(22)18(4-2)11-8-12-19(16(18)21)15(20)14-9-6-5-7-10-14;1-2/h3,5-7,9-10H,1,4,8,11-13H2,2H3;/i2T;. The zero-order valence-corrected chi connectivity index (χ0v) is 14.6. The molecule has 1 aromatic carbocycles. The summed E-state index contributed by atoms with van der Waals surface area (Å²) < 4.78 is 20.4. The molecule has 1 fully saturated rings. The minimum atomic E-state index is -1.45. The summed E-state index contributed by atoms with van der Waals surface area (Å²) in [5.74, 6) is -1.67. The van der Waals surface area contributed by atoms with Crippen molar-refractivity contribution >= 4 is 30.3 Å². The Balaban J connectivity index is 0.00000163. The second-order valence-electron chi connectivity index (χ2n) is 5.45. The van der Waals surface area contributed by atoms with Crippen LogP contribution in [0.15, 0.2) is 43.0 Å². The van der Waals surface area contributed by atoms with Gasteiger partial charge >= 0.3 is 5.97 Å². The van der Waals surface area contributed by atoms with E-state index in [1.165, 1.54) is 6.08 Å². The van der Waals surface area contributed by atoms with Crippen molar-refractivity contribution in [1.29, 1.82) is 0 Å². The minimum Gasteiger partial charge on any atom is -0.461 e. The molecule has 1 atom stereocenters. The molecule has 0 bridgehead atoms. The molecule has 1 aromatic rings. The Bertz CT molecular complexity index is 650. The van der Waals surface area contributed by atoms with Gasteiger partial charge in [0.2, 0.25) is 5.91 Å². The van der Waals surface area contributed by atoms with Crippen LogP contribution in [0.4, 0.5) is 0 Å². The van der Waals surface area contributed by atoms with E-state index < -0.39 is 23.2 Å². The third-order valence-electron chi connectivity index (χ3n) is 4.06. The Labute approximate surface area is 153 Å². The molecule has 1 heterocycles. The lowest BCUT2D eigenvalue weighted by Gasteiger charge is -2.38. The molecule has 0 spiro atoms. The molecule has 2 rings (SSSR count). The predicted molar refractivity (Wildman–Crippen MR) is 93.7 cm³/mol. The van der Waals surface area contributed by atoms with E-state index in [1.54, 1.807) is 30.3 Å². The molecule has 1 saturated heterocycles. The number of hydrogen-bond acceptors (Lipinski definition) is 6. The topological polar surface area (TPSA) is 80.8 Å². The first kappa shape index (κ1) is 18.9. The van der Waals surface area contributed by atoms with Crippen LogP contribution in [0.2, 0.25) is 0 Å². The number of benzene rings is 1. The number of carbonyl (C=O) groups excluding carboxylic acids is 3. The molecule has 1 aliphatic heterocycles. The van der Waals surface area contributed by atoms with Crippen molar-refractivity contribution in [2.45, 2.75) is 26.2 Å². The SMILES string of the molecule is O=S.[3H]CCC1(C(=O)OCC=C)CCCN(C(=O)c2ccccc2)C1=O. The van der Waals surface area contributed by atoms with E-state index in [0.717, 1.165) is 4.90 Å². The molecular weight excluding hydrogens is 342 g/mol. The molecule has 7 heteroatoms. The van der Waals surface area contributed by atoms with Gasteiger partial charge in [0.1, 0.15) is 12.0 Å². The lowest BCUT2D eigenvalue weighted by atomic mass is 9.76. The van der Waals surface area contributed by atoms with Gasteiger partial charge in [0.15, 0.2) is 12.5 Å². The number of carbonyl (C=O) groups is 3. The highest BCUT2D eigenvalue weighted by atomic mass is 32.1. The molecule has 0 radical (unpaired) electrons. The molecule has 0 aromatic heterocycles. The van der Waals surface area contributed by atoms with Crippen LogP contribution >= 0.6 is 0 Å². The van der Waals surface area contributed by atoms with Crippen molar-refractivity contribution < 1.29 is 24.7 Å². The number of amides is 2. The van der Waals surface area contributed by atoms with Crippen molar-refractivity contribution in [2.24, 2.45) is 5.41 Å². The van der Waals surface area contributed by atoms with Gasteiger partial charge in [-0.25, -0.2) is 0 Å². The van der Waals surface area contributed by atoms with Crippen molar-refractivity contribution in [3.8, 4) is 0 Å². The number of nitrogens with zero attached hydrogens (tertiary/aromatic N) is 1. The predicted octanol–water partition coefficient (Wildman–Crippen LogP) is 2.24. The van der Waals surface area contributed by atoms with Crippen LogP contribution < -0.4 is 0 Å². The van der Waals surface area contributed by atoms with Gasteiger partial charge in [0.05, 0.1) is 0 Å². The van der Waals surface area contributed by atoms with Crippen molar-refractivity contribution in [3.63, 3.8) is 0 Å². The first-order valence-corrected chi connectivity index (χ1v) is 8.05. The molecule has 25 heavy (non-hydrogen) atoms. The van der Waals surface area contributed by atoms with Crippen LogP contribution in [-0.4, -0.2) is 40.0 Å². The number of piperidine rings is 1. The lowest BCUT2D eigenvalue weighted by molar-refractivity contribution is -0.166. The smallest absolute Gasteiger partial charge is 0.321 e. The average Bonchev–Trinajstić information content (AvgIpc) is 2.69. The van der Waals surface area contributed by atoms with Gasteiger partial charge < -0.3 is 4.74 Å². The molecule has 0 N–H and O–H groups in total. The van der Waals surface area contributed by atoms with Crippen LogP contribution in [0.5, 0.6) is 0 Å². The van der Waals surface area contributed by atoms with E-state index in [9.17, 15) is 14.4 Å². The van der Waals surface area contributed by atoms with E-state index in [-0.39, 0.29) is 26.5 Å². The van der Waals surface area contributed by atoms with Crippen LogP contribution in [0.3, 0.4) is 0 Å². The van der Waals surface area contributed by atoms with Gasteiger partial charge in [-0.2, -0.15) is 4.21 Å². The lowest BCUT2D eigenvalue weighted by Crippen LogP contribution is -2.55. The number of ether oxygens (including phenoxy) is 1. The Morgan fingerprint density at radius 1 is 1.40 bits per heavy atom. The molecule has 2 amide bonds. The van der Waals surface area contributed by atoms with Crippen molar-refractivity contribution in [2.75, 3.05) is 13.2 Å². The monoisotopic (exact) mass is 365 g/mol. The van der Waals surface area contributed by atoms with Crippen molar-refractivity contribution in [1.82, 2.24) is 4.90 Å². The maximum absolute atomic E-state index is 13.0.